The van der Waals surface area contributed by atoms with Crippen LogP contribution < -0.4 is 5.32 Å². The summed E-state index contributed by atoms with van der Waals surface area (Å²) in [6.45, 7) is 15.4. The van der Waals surface area contributed by atoms with Crippen molar-refractivity contribution in [1.82, 2.24) is 5.32 Å². The minimum Gasteiger partial charge on any atom is -0.314 e. The molecule has 4 atom stereocenters. The molecule has 1 saturated carbocycles. The van der Waals surface area contributed by atoms with Gasteiger partial charge in [-0.1, -0.05) is 67.2 Å². The Labute approximate surface area is 128 Å². The fourth-order valence-electron chi connectivity index (χ4n) is 4.51. The predicted molar refractivity (Wildman–Crippen MR) is 91.1 cm³/mol. The van der Waals surface area contributed by atoms with Gasteiger partial charge in [0.05, 0.1) is 0 Å². The number of hydrogen-bond acceptors (Lipinski definition) is 1. The monoisotopic (exact) mass is 281 g/mol. The van der Waals surface area contributed by atoms with Crippen LogP contribution in [0.25, 0.3) is 0 Å². The second-order valence-corrected chi connectivity index (χ2v) is 8.39. The van der Waals surface area contributed by atoms with Crippen molar-refractivity contribution in [2.24, 2.45) is 23.2 Å². The van der Waals surface area contributed by atoms with Gasteiger partial charge in [-0.25, -0.2) is 0 Å². The first-order valence-electron chi connectivity index (χ1n) is 9.10. The van der Waals surface area contributed by atoms with Crippen molar-refractivity contribution in [3.63, 3.8) is 0 Å². The lowest BCUT2D eigenvalue weighted by atomic mass is 9.71. The third-order valence-corrected chi connectivity index (χ3v) is 5.09. The molecule has 1 aliphatic rings. The van der Waals surface area contributed by atoms with E-state index in [-0.39, 0.29) is 0 Å². The van der Waals surface area contributed by atoms with Crippen molar-refractivity contribution in [3.05, 3.63) is 0 Å². The second-order valence-electron chi connectivity index (χ2n) is 8.39. The van der Waals surface area contributed by atoms with Gasteiger partial charge < -0.3 is 5.32 Å². The first kappa shape index (κ1) is 18.0. The molecule has 1 heteroatoms. The maximum Gasteiger partial charge on any atom is 0.0100 e. The van der Waals surface area contributed by atoms with E-state index in [1.54, 1.807) is 0 Å². The average Bonchev–Trinajstić information content (AvgIpc) is 2.36. The van der Waals surface area contributed by atoms with E-state index in [0.717, 1.165) is 30.3 Å². The van der Waals surface area contributed by atoms with Crippen LogP contribution in [0, 0.1) is 23.2 Å². The third kappa shape index (κ3) is 6.16. The van der Waals surface area contributed by atoms with Gasteiger partial charge in [0.2, 0.25) is 0 Å². The molecule has 120 valence electrons. The summed E-state index contributed by atoms with van der Waals surface area (Å²) in [4.78, 5) is 0. The number of rotatable bonds is 7. The smallest absolute Gasteiger partial charge is 0.0100 e. The van der Waals surface area contributed by atoms with Crippen LogP contribution in [0.15, 0.2) is 0 Å². The van der Waals surface area contributed by atoms with Gasteiger partial charge in [0.15, 0.2) is 0 Å². The van der Waals surface area contributed by atoms with Gasteiger partial charge in [-0.05, 0) is 49.0 Å². The van der Waals surface area contributed by atoms with Crippen LogP contribution >= 0.6 is 0 Å². The lowest BCUT2D eigenvalue weighted by Gasteiger charge is -2.39. The summed E-state index contributed by atoms with van der Waals surface area (Å²) < 4.78 is 0. The van der Waals surface area contributed by atoms with Crippen LogP contribution in [-0.2, 0) is 0 Å². The molecule has 0 amide bonds. The maximum atomic E-state index is 3.83. The van der Waals surface area contributed by atoms with Crippen molar-refractivity contribution < 1.29 is 0 Å². The second kappa shape index (κ2) is 8.41. The Bertz CT molecular complexity index is 253. The molecule has 0 spiro atoms. The summed E-state index contributed by atoms with van der Waals surface area (Å²) in [5.74, 6) is 2.73. The third-order valence-electron chi connectivity index (χ3n) is 5.09. The van der Waals surface area contributed by atoms with Crippen LogP contribution in [0.3, 0.4) is 0 Å². The van der Waals surface area contributed by atoms with Crippen molar-refractivity contribution in [2.45, 2.75) is 92.5 Å². The van der Waals surface area contributed by atoms with E-state index in [4.69, 9.17) is 0 Å². The van der Waals surface area contributed by atoms with E-state index in [1.807, 2.05) is 0 Å². The molecule has 0 radical (unpaired) electrons. The molecule has 0 aromatic heterocycles. The van der Waals surface area contributed by atoms with Gasteiger partial charge in [-0.2, -0.15) is 0 Å². The highest BCUT2D eigenvalue weighted by Crippen LogP contribution is 2.37. The molecule has 0 bridgehead atoms. The molecule has 20 heavy (non-hydrogen) atoms. The van der Waals surface area contributed by atoms with Crippen molar-refractivity contribution >= 4 is 0 Å². The zero-order valence-corrected chi connectivity index (χ0v) is 15.0. The number of nitrogens with one attached hydrogen (secondary N) is 1. The van der Waals surface area contributed by atoms with Crippen LogP contribution in [0.2, 0.25) is 0 Å². The zero-order valence-electron chi connectivity index (χ0n) is 15.0. The quantitative estimate of drug-likeness (QED) is 0.636. The Hall–Kier alpha value is -0.0400. The predicted octanol–water partition coefficient (Wildman–Crippen LogP) is 5.64. The zero-order chi connectivity index (χ0) is 15.2. The summed E-state index contributed by atoms with van der Waals surface area (Å²) in [6.07, 6.45) is 9.93. The van der Waals surface area contributed by atoms with Crippen LogP contribution in [0.4, 0.5) is 0 Å². The van der Waals surface area contributed by atoms with Gasteiger partial charge in [-0.15, -0.1) is 0 Å². The molecule has 0 heterocycles. The van der Waals surface area contributed by atoms with E-state index in [1.165, 1.54) is 44.9 Å². The van der Waals surface area contributed by atoms with E-state index >= 15 is 0 Å². The minimum absolute atomic E-state index is 0.465. The largest absolute Gasteiger partial charge is 0.314 e. The maximum absolute atomic E-state index is 3.83. The van der Waals surface area contributed by atoms with Crippen molar-refractivity contribution in [1.29, 1.82) is 0 Å². The topological polar surface area (TPSA) is 12.0 Å². The molecular formula is C19H39N. The molecule has 1 N–H and O–H groups in total. The fourth-order valence-corrected chi connectivity index (χ4v) is 4.51. The van der Waals surface area contributed by atoms with Gasteiger partial charge in [0, 0.05) is 6.04 Å². The first-order chi connectivity index (χ1) is 9.37. The molecule has 1 rings (SSSR count). The van der Waals surface area contributed by atoms with Gasteiger partial charge >= 0.3 is 0 Å². The number of hydrogen-bond donors (Lipinski definition) is 1. The summed E-state index contributed by atoms with van der Waals surface area (Å²) >= 11 is 0. The SMILES string of the molecule is CCNC(CC(C)CC(C)(C)C)C1CCCCC1CC. The molecule has 0 saturated heterocycles. The molecule has 4 unspecified atom stereocenters. The average molecular weight is 282 g/mol. The van der Waals surface area contributed by atoms with Crippen LogP contribution in [-0.4, -0.2) is 12.6 Å². The Morgan fingerprint density at radius 3 is 2.30 bits per heavy atom. The molecule has 1 aliphatic carbocycles. The highest BCUT2D eigenvalue weighted by atomic mass is 14.9. The molecule has 0 aromatic rings. The summed E-state index contributed by atoms with van der Waals surface area (Å²) in [5, 5.41) is 3.83. The highest BCUT2D eigenvalue weighted by molar-refractivity contribution is 4.86. The summed E-state index contributed by atoms with van der Waals surface area (Å²) in [7, 11) is 0. The molecule has 1 fully saturated rings. The molecule has 0 aliphatic heterocycles. The lowest BCUT2D eigenvalue weighted by Crippen LogP contribution is -2.42. The van der Waals surface area contributed by atoms with Crippen molar-refractivity contribution in [2.75, 3.05) is 6.54 Å². The van der Waals surface area contributed by atoms with Gasteiger partial charge in [0.25, 0.3) is 0 Å². The Morgan fingerprint density at radius 1 is 1.10 bits per heavy atom. The van der Waals surface area contributed by atoms with Crippen molar-refractivity contribution in [3.8, 4) is 0 Å². The molecular weight excluding hydrogens is 242 g/mol. The molecule has 1 nitrogen and oxygen atoms in total. The summed E-state index contributed by atoms with van der Waals surface area (Å²) in [6, 6.07) is 0.752. The minimum atomic E-state index is 0.465. The van der Waals surface area contributed by atoms with Crippen LogP contribution in [0.1, 0.15) is 86.5 Å². The Balaban J connectivity index is 2.62. The normalized spacial score (nSPS) is 27.3. The highest BCUT2D eigenvalue weighted by Gasteiger charge is 2.31. The standard InChI is InChI=1S/C19H39N/c1-7-16-11-9-10-12-17(16)18(20-8-2)13-15(3)14-19(4,5)6/h15-18,20H,7-14H2,1-6H3. The molecule has 0 aromatic carbocycles. The Kier molecular flexibility index (Phi) is 7.58. The van der Waals surface area contributed by atoms with Crippen LogP contribution in [0.5, 0.6) is 0 Å². The Morgan fingerprint density at radius 2 is 1.75 bits per heavy atom. The van der Waals surface area contributed by atoms with E-state index in [2.05, 4.69) is 46.9 Å². The van der Waals surface area contributed by atoms with E-state index < -0.39 is 0 Å². The lowest BCUT2D eigenvalue weighted by molar-refractivity contribution is 0.151. The first-order valence-corrected chi connectivity index (χ1v) is 9.10. The van der Waals surface area contributed by atoms with Gasteiger partial charge in [-0.3, -0.25) is 0 Å². The fraction of sp³-hybridized carbons (Fsp3) is 1.00. The van der Waals surface area contributed by atoms with E-state index in [0.29, 0.717) is 5.41 Å². The van der Waals surface area contributed by atoms with E-state index in [9.17, 15) is 0 Å². The van der Waals surface area contributed by atoms with Gasteiger partial charge in [0.1, 0.15) is 0 Å². The summed E-state index contributed by atoms with van der Waals surface area (Å²) in [5.41, 5.74) is 0.465.